The highest BCUT2D eigenvalue weighted by Crippen LogP contribution is 2.40. The number of pyridine rings is 1. The SMILES string of the molecule is Cc1cc(-c2nnc(NC3CC(O)(C(F)F)C3)o2)nc2c(C(C)(C)C)cc(N3CCC(F)(F)C3)cc12. The predicted octanol–water partition coefficient (Wildman–Crippen LogP) is 5.31. The molecule has 0 bridgehead atoms. The third-order valence-electron chi connectivity index (χ3n) is 7.03. The van der Waals surface area contributed by atoms with E-state index in [2.05, 4.69) is 15.5 Å². The Labute approximate surface area is 205 Å². The number of aromatic nitrogens is 3. The molecule has 2 aliphatic rings. The van der Waals surface area contributed by atoms with Crippen LogP contribution in [-0.2, 0) is 5.41 Å². The second kappa shape index (κ2) is 8.29. The molecule has 0 spiro atoms. The summed E-state index contributed by atoms with van der Waals surface area (Å²) in [6, 6.07) is 5.30. The molecule has 3 aromatic rings. The highest BCUT2D eigenvalue weighted by Gasteiger charge is 2.50. The van der Waals surface area contributed by atoms with E-state index in [4.69, 9.17) is 9.40 Å². The molecule has 1 aliphatic heterocycles. The zero-order valence-electron chi connectivity index (χ0n) is 20.6. The average molecular weight is 508 g/mol. The number of rotatable bonds is 5. The number of anilines is 2. The summed E-state index contributed by atoms with van der Waals surface area (Å²) in [6.07, 6.45) is -3.20. The summed E-state index contributed by atoms with van der Waals surface area (Å²) < 4.78 is 59.2. The van der Waals surface area contributed by atoms with Gasteiger partial charge in [-0.1, -0.05) is 25.9 Å². The molecule has 0 amide bonds. The van der Waals surface area contributed by atoms with E-state index < -0.39 is 24.0 Å². The molecule has 1 saturated heterocycles. The van der Waals surface area contributed by atoms with Crippen LogP contribution in [0.5, 0.6) is 0 Å². The van der Waals surface area contributed by atoms with Gasteiger partial charge in [0.25, 0.3) is 18.2 Å². The van der Waals surface area contributed by atoms with Crippen molar-refractivity contribution in [1.29, 1.82) is 0 Å². The Hall–Kier alpha value is -2.95. The van der Waals surface area contributed by atoms with Crippen molar-refractivity contribution in [2.75, 3.05) is 23.3 Å². The molecule has 11 heteroatoms. The van der Waals surface area contributed by atoms with Gasteiger partial charge in [-0.25, -0.2) is 22.5 Å². The molecular weight excluding hydrogens is 478 g/mol. The quantitative estimate of drug-likeness (QED) is 0.453. The summed E-state index contributed by atoms with van der Waals surface area (Å²) >= 11 is 0. The molecule has 0 radical (unpaired) electrons. The Bertz CT molecular complexity index is 1300. The van der Waals surface area contributed by atoms with E-state index in [1.807, 2.05) is 39.8 Å². The lowest BCUT2D eigenvalue weighted by atomic mass is 9.76. The van der Waals surface area contributed by atoms with Crippen molar-refractivity contribution in [2.45, 2.75) is 76.4 Å². The fourth-order valence-electron chi connectivity index (χ4n) is 4.93. The van der Waals surface area contributed by atoms with E-state index in [0.29, 0.717) is 12.2 Å². The van der Waals surface area contributed by atoms with Crippen LogP contribution < -0.4 is 10.2 Å². The Kier molecular flexibility index (Phi) is 5.70. The Morgan fingerprint density at radius 2 is 1.89 bits per heavy atom. The maximum Gasteiger partial charge on any atom is 0.316 e. The summed E-state index contributed by atoms with van der Waals surface area (Å²) in [4.78, 5) is 6.53. The molecule has 1 saturated carbocycles. The fraction of sp³-hybridized carbons (Fsp3) is 0.560. The van der Waals surface area contributed by atoms with Gasteiger partial charge in [-0.2, -0.15) is 0 Å². The third kappa shape index (κ3) is 4.49. The van der Waals surface area contributed by atoms with Gasteiger partial charge in [0, 0.05) is 42.9 Å². The van der Waals surface area contributed by atoms with Gasteiger partial charge in [-0.15, -0.1) is 5.10 Å². The molecule has 1 aliphatic carbocycles. The van der Waals surface area contributed by atoms with Crippen LogP contribution in [0, 0.1) is 6.92 Å². The van der Waals surface area contributed by atoms with Crippen molar-refractivity contribution < 1.29 is 27.1 Å². The number of halogens is 4. The van der Waals surface area contributed by atoms with E-state index in [0.717, 1.165) is 27.7 Å². The number of alkyl halides is 4. The van der Waals surface area contributed by atoms with Gasteiger partial charge in [0.1, 0.15) is 11.3 Å². The molecular formula is C25H29F4N5O2. The van der Waals surface area contributed by atoms with E-state index in [-0.39, 0.29) is 43.1 Å². The molecule has 5 rings (SSSR count). The summed E-state index contributed by atoms with van der Waals surface area (Å²) in [5, 5.41) is 21.5. The largest absolute Gasteiger partial charge is 0.402 e. The van der Waals surface area contributed by atoms with Gasteiger partial charge in [0.2, 0.25) is 0 Å². The lowest BCUT2D eigenvalue weighted by Gasteiger charge is -2.42. The van der Waals surface area contributed by atoms with Gasteiger partial charge in [0.15, 0.2) is 0 Å². The number of benzene rings is 1. The second-order valence-electron chi connectivity index (χ2n) is 11.1. The highest BCUT2D eigenvalue weighted by molar-refractivity contribution is 5.91. The standard InChI is InChI=1S/C25H29F4N5O2/c1-13-7-18(20-32-33-22(36-20)30-14-10-24(35,11-14)21(26)27)31-19-16(13)8-15(9-17(19)23(2,3)4)34-6-5-25(28,29)12-34/h7-9,14,21,35H,5-6,10-12H2,1-4H3,(H,30,33). The maximum atomic E-state index is 13.9. The van der Waals surface area contributed by atoms with Crippen LogP contribution in [0.1, 0.15) is 51.2 Å². The van der Waals surface area contributed by atoms with E-state index in [1.165, 1.54) is 0 Å². The van der Waals surface area contributed by atoms with E-state index in [9.17, 15) is 22.7 Å². The van der Waals surface area contributed by atoms with Gasteiger partial charge in [-0.05, 0) is 41.7 Å². The van der Waals surface area contributed by atoms with Crippen molar-refractivity contribution in [1.82, 2.24) is 15.2 Å². The lowest BCUT2D eigenvalue weighted by Crippen LogP contribution is -2.55. The fourth-order valence-corrected chi connectivity index (χ4v) is 4.93. The molecule has 36 heavy (non-hydrogen) atoms. The molecule has 7 nitrogen and oxygen atoms in total. The molecule has 0 atom stereocenters. The molecule has 3 heterocycles. The van der Waals surface area contributed by atoms with Crippen LogP contribution in [0.25, 0.3) is 22.5 Å². The van der Waals surface area contributed by atoms with Gasteiger partial charge in [-0.3, -0.25) is 0 Å². The molecule has 0 unspecified atom stereocenters. The van der Waals surface area contributed by atoms with Crippen LogP contribution in [-0.4, -0.2) is 57.4 Å². The molecule has 2 aromatic heterocycles. The first kappa shape index (κ1) is 24.7. The summed E-state index contributed by atoms with van der Waals surface area (Å²) in [7, 11) is 0. The second-order valence-corrected chi connectivity index (χ2v) is 11.1. The van der Waals surface area contributed by atoms with Crippen LogP contribution in [0.3, 0.4) is 0 Å². The summed E-state index contributed by atoms with van der Waals surface area (Å²) in [5.41, 5.74) is 1.41. The minimum Gasteiger partial charge on any atom is -0.402 e. The number of hydrogen-bond donors (Lipinski definition) is 2. The highest BCUT2D eigenvalue weighted by atomic mass is 19.3. The Morgan fingerprint density at radius 1 is 1.17 bits per heavy atom. The number of hydrogen-bond acceptors (Lipinski definition) is 7. The Balaban J connectivity index is 1.47. The number of nitrogens with one attached hydrogen (secondary N) is 1. The average Bonchev–Trinajstić information content (AvgIpc) is 3.37. The van der Waals surface area contributed by atoms with Crippen molar-refractivity contribution in [3.8, 4) is 11.6 Å². The minimum atomic E-state index is -2.81. The van der Waals surface area contributed by atoms with Crippen LogP contribution in [0.4, 0.5) is 29.3 Å². The summed E-state index contributed by atoms with van der Waals surface area (Å²) in [5.74, 6) is -2.54. The first-order chi connectivity index (χ1) is 16.7. The predicted molar refractivity (Wildman–Crippen MR) is 128 cm³/mol. The normalized spacial score (nSPS) is 23.9. The van der Waals surface area contributed by atoms with Gasteiger partial charge in [0.05, 0.1) is 12.1 Å². The van der Waals surface area contributed by atoms with E-state index >= 15 is 0 Å². The number of nitrogens with zero attached hydrogens (tertiary/aromatic N) is 4. The molecule has 194 valence electrons. The lowest BCUT2D eigenvalue weighted by molar-refractivity contribution is -0.148. The first-order valence-electron chi connectivity index (χ1n) is 11.9. The molecule has 2 N–H and O–H groups in total. The zero-order valence-corrected chi connectivity index (χ0v) is 20.6. The number of aryl methyl sites for hydroxylation is 1. The molecule has 1 aromatic carbocycles. The smallest absolute Gasteiger partial charge is 0.316 e. The van der Waals surface area contributed by atoms with Crippen molar-refractivity contribution >= 4 is 22.6 Å². The topological polar surface area (TPSA) is 87.3 Å². The van der Waals surface area contributed by atoms with Crippen molar-refractivity contribution in [3.05, 3.63) is 29.3 Å². The van der Waals surface area contributed by atoms with Gasteiger partial charge >= 0.3 is 6.01 Å². The monoisotopic (exact) mass is 507 g/mol. The Morgan fingerprint density at radius 3 is 2.50 bits per heavy atom. The maximum absolute atomic E-state index is 13.9. The van der Waals surface area contributed by atoms with E-state index in [1.54, 1.807) is 11.0 Å². The molecule has 2 fully saturated rings. The zero-order chi connectivity index (χ0) is 26.0. The third-order valence-corrected chi connectivity index (χ3v) is 7.03. The van der Waals surface area contributed by atoms with Crippen LogP contribution in [0.2, 0.25) is 0 Å². The van der Waals surface area contributed by atoms with Crippen molar-refractivity contribution in [3.63, 3.8) is 0 Å². The number of aliphatic hydroxyl groups is 1. The van der Waals surface area contributed by atoms with Gasteiger partial charge < -0.3 is 19.7 Å². The summed E-state index contributed by atoms with van der Waals surface area (Å²) in [6.45, 7) is 8.03. The van der Waals surface area contributed by atoms with Crippen molar-refractivity contribution in [2.24, 2.45) is 0 Å². The van der Waals surface area contributed by atoms with Crippen LogP contribution >= 0.6 is 0 Å². The first-order valence-corrected chi connectivity index (χ1v) is 11.9. The minimum absolute atomic E-state index is 0.0622. The number of fused-ring (bicyclic) bond motifs is 1. The van der Waals surface area contributed by atoms with Crippen LogP contribution in [0.15, 0.2) is 22.6 Å².